The van der Waals surface area contributed by atoms with Gasteiger partial charge < -0.3 is 16.0 Å². The Labute approximate surface area is 146 Å². The zero-order chi connectivity index (χ0) is 17.6. The van der Waals surface area contributed by atoms with Crippen molar-refractivity contribution in [3.05, 3.63) is 18.6 Å². The summed E-state index contributed by atoms with van der Waals surface area (Å²) in [6.07, 6.45) is 3.21. The Morgan fingerprint density at radius 2 is 2.16 bits per heavy atom. The normalized spacial score (nSPS) is 15.5. The number of carbonyl (C=O) groups excluding carboxylic acids is 1. The first-order chi connectivity index (χ1) is 12.1. The lowest BCUT2D eigenvalue weighted by molar-refractivity contribution is 0.237. The van der Waals surface area contributed by atoms with Crippen LogP contribution in [0.3, 0.4) is 0 Å². The number of rotatable bonds is 6. The van der Waals surface area contributed by atoms with Crippen LogP contribution in [-0.4, -0.2) is 80.8 Å². The van der Waals surface area contributed by atoms with Gasteiger partial charge in [0.15, 0.2) is 5.82 Å². The summed E-state index contributed by atoms with van der Waals surface area (Å²) < 4.78 is 3.01. The van der Waals surface area contributed by atoms with Gasteiger partial charge in [0.2, 0.25) is 5.95 Å². The van der Waals surface area contributed by atoms with Crippen LogP contribution in [0.25, 0.3) is 5.82 Å². The second-order valence-electron chi connectivity index (χ2n) is 6.27. The largest absolute Gasteiger partial charge is 0.353 e. The summed E-state index contributed by atoms with van der Waals surface area (Å²) >= 11 is 0. The van der Waals surface area contributed by atoms with E-state index in [1.807, 2.05) is 13.8 Å². The SMILES string of the molecule is CC(C)NC(=O)n1ccc(-n2cnnc2NCCN2CCNCC2)n1. The van der Waals surface area contributed by atoms with Gasteiger partial charge in [-0.3, -0.25) is 4.90 Å². The van der Waals surface area contributed by atoms with Gasteiger partial charge in [-0.1, -0.05) is 0 Å². The Morgan fingerprint density at radius 3 is 2.92 bits per heavy atom. The van der Waals surface area contributed by atoms with Crippen molar-refractivity contribution in [2.24, 2.45) is 0 Å². The molecule has 1 amide bonds. The molecule has 1 aliphatic heterocycles. The van der Waals surface area contributed by atoms with Crippen LogP contribution in [0.15, 0.2) is 18.6 Å². The number of amides is 1. The van der Waals surface area contributed by atoms with Gasteiger partial charge >= 0.3 is 6.03 Å². The van der Waals surface area contributed by atoms with Gasteiger partial charge in [0.05, 0.1) is 0 Å². The van der Waals surface area contributed by atoms with Gasteiger partial charge in [0, 0.05) is 57.6 Å². The molecule has 0 unspecified atom stereocenters. The summed E-state index contributed by atoms with van der Waals surface area (Å²) in [4.78, 5) is 14.4. The zero-order valence-corrected chi connectivity index (χ0v) is 14.6. The Kier molecular flexibility index (Phi) is 5.61. The van der Waals surface area contributed by atoms with E-state index in [0.29, 0.717) is 11.8 Å². The third kappa shape index (κ3) is 4.54. The van der Waals surface area contributed by atoms with E-state index in [9.17, 15) is 4.79 Å². The summed E-state index contributed by atoms with van der Waals surface area (Å²) in [6.45, 7) is 9.71. The molecule has 0 atom stereocenters. The zero-order valence-electron chi connectivity index (χ0n) is 14.6. The lowest BCUT2D eigenvalue weighted by Gasteiger charge is -2.27. The monoisotopic (exact) mass is 347 g/mol. The van der Waals surface area contributed by atoms with E-state index < -0.39 is 0 Å². The summed E-state index contributed by atoms with van der Waals surface area (Å²) in [5.41, 5.74) is 0. The summed E-state index contributed by atoms with van der Waals surface area (Å²) in [6, 6.07) is 1.55. The molecular formula is C15H25N9O. The number of hydrogen-bond donors (Lipinski definition) is 3. The molecule has 0 bridgehead atoms. The molecule has 0 aromatic carbocycles. The third-order valence-electron chi connectivity index (χ3n) is 3.91. The van der Waals surface area contributed by atoms with E-state index in [-0.39, 0.29) is 12.1 Å². The van der Waals surface area contributed by atoms with Crippen molar-refractivity contribution in [1.29, 1.82) is 0 Å². The van der Waals surface area contributed by atoms with Gasteiger partial charge in [0.25, 0.3) is 0 Å². The first-order valence-electron chi connectivity index (χ1n) is 8.57. The molecule has 0 radical (unpaired) electrons. The maximum absolute atomic E-state index is 12.0. The fourth-order valence-corrected chi connectivity index (χ4v) is 2.65. The molecule has 0 saturated carbocycles. The van der Waals surface area contributed by atoms with Gasteiger partial charge in [-0.05, 0) is 13.8 Å². The molecule has 1 saturated heterocycles. The highest BCUT2D eigenvalue weighted by Crippen LogP contribution is 2.10. The van der Waals surface area contributed by atoms with Crippen LogP contribution in [0.4, 0.5) is 10.7 Å². The van der Waals surface area contributed by atoms with Crippen LogP contribution < -0.4 is 16.0 Å². The van der Waals surface area contributed by atoms with Crippen LogP contribution in [-0.2, 0) is 0 Å². The fraction of sp³-hybridized carbons (Fsp3) is 0.600. The average molecular weight is 347 g/mol. The van der Waals surface area contributed by atoms with Crippen molar-refractivity contribution in [3.63, 3.8) is 0 Å². The van der Waals surface area contributed by atoms with Gasteiger partial charge in [0.1, 0.15) is 6.33 Å². The van der Waals surface area contributed by atoms with E-state index in [2.05, 4.69) is 36.1 Å². The van der Waals surface area contributed by atoms with E-state index in [4.69, 9.17) is 0 Å². The van der Waals surface area contributed by atoms with Crippen molar-refractivity contribution < 1.29 is 4.79 Å². The number of nitrogens with one attached hydrogen (secondary N) is 3. The molecule has 10 heteroatoms. The molecule has 136 valence electrons. The number of piperazine rings is 1. The number of aromatic nitrogens is 5. The van der Waals surface area contributed by atoms with Crippen molar-refractivity contribution in [2.45, 2.75) is 19.9 Å². The average Bonchev–Trinajstić information content (AvgIpc) is 3.24. The molecule has 3 rings (SSSR count). The molecule has 1 aliphatic rings. The molecule has 0 aliphatic carbocycles. The summed E-state index contributed by atoms with van der Waals surface area (Å²) in [5, 5.41) is 21.8. The van der Waals surface area contributed by atoms with E-state index in [1.165, 1.54) is 4.68 Å². The van der Waals surface area contributed by atoms with Crippen molar-refractivity contribution in [2.75, 3.05) is 44.6 Å². The molecule has 3 N–H and O–H groups in total. The molecule has 2 aromatic heterocycles. The molecule has 2 aromatic rings. The van der Waals surface area contributed by atoms with Crippen LogP contribution in [0.5, 0.6) is 0 Å². The van der Waals surface area contributed by atoms with Crippen molar-refractivity contribution >= 4 is 12.0 Å². The minimum atomic E-state index is -0.262. The summed E-state index contributed by atoms with van der Waals surface area (Å²) in [7, 11) is 0. The van der Waals surface area contributed by atoms with Crippen molar-refractivity contribution in [3.8, 4) is 5.82 Å². The quantitative estimate of drug-likeness (QED) is 0.662. The lowest BCUT2D eigenvalue weighted by Crippen LogP contribution is -2.45. The topological polar surface area (TPSA) is 105 Å². The standard InChI is InChI=1S/C15H25N9O/c1-12(2)19-15(25)24-7-3-13(21-24)23-11-18-20-14(23)17-6-10-22-8-4-16-5-9-22/h3,7,11-12,16H,4-6,8-10H2,1-2H3,(H,17,20)(H,19,25). The molecular weight excluding hydrogens is 322 g/mol. The maximum atomic E-state index is 12.0. The van der Waals surface area contributed by atoms with E-state index in [0.717, 1.165) is 39.3 Å². The fourth-order valence-electron chi connectivity index (χ4n) is 2.65. The Bertz CT molecular complexity index is 687. The highest BCUT2D eigenvalue weighted by Gasteiger charge is 2.13. The number of carbonyl (C=O) groups is 1. The highest BCUT2D eigenvalue weighted by atomic mass is 16.2. The minimum absolute atomic E-state index is 0.0530. The Balaban J connectivity index is 1.59. The van der Waals surface area contributed by atoms with E-state index >= 15 is 0 Å². The van der Waals surface area contributed by atoms with Crippen LogP contribution in [0.2, 0.25) is 0 Å². The summed E-state index contributed by atoms with van der Waals surface area (Å²) in [5.74, 6) is 1.21. The van der Waals surface area contributed by atoms with Crippen LogP contribution in [0, 0.1) is 0 Å². The first-order valence-corrected chi connectivity index (χ1v) is 8.57. The smallest absolute Gasteiger partial charge is 0.342 e. The Hall–Kier alpha value is -2.46. The van der Waals surface area contributed by atoms with Crippen LogP contribution in [0.1, 0.15) is 13.8 Å². The molecule has 3 heterocycles. The predicted octanol–water partition coefficient (Wildman–Crippen LogP) is -0.253. The molecule has 25 heavy (non-hydrogen) atoms. The van der Waals surface area contributed by atoms with E-state index in [1.54, 1.807) is 23.2 Å². The molecule has 10 nitrogen and oxygen atoms in total. The first kappa shape index (κ1) is 17.4. The predicted molar refractivity (Wildman–Crippen MR) is 94.0 cm³/mol. The molecule has 0 spiro atoms. The number of hydrogen-bond acceptors (Lipinski definition) is 7. The second kappa shape index (κ2) is 8.08. The minimum Gasteiger partial charge on any atom is -0.353 e. The van der Waals surface area contributed by atoms with Gasteiger partial charge in [-0.2, -0.15) is 4.68 Å². The van der Waals surface area contributed by atoms with Gasteiger partial charge in [-0.25, -0.2) is 9.36 Å². The Morgan fingerprint density at radius 1 is 1.36 bits per heavy atom. The highest BCUT2D eigenvalue weighted by molar-refractivity contribution is 5.76. The maximum Gasteiger partial charge on any atom is 0.342 e. The van der Waals surface area contributed by atoms with Gasteiger partial charge in [-0.15, -0.1) is 15.3 Å². The molecule has 1 fully saturated rings. The number of nitrogens with zero attached hydrogens (tertiary/aromatic N) is 6. The second-order valence-corrected chi connectivity index (χ2v) is 6.27. The number of anilines is 1. The van der Waals surface area contributed by atoms with Crippen LogP contribution >= 0.6 is 0 Å². The van der Waals surface area contributed by atoms with Crippen molar-refractivity contribution in [1.82, 2.24) is 40.1 Å². The third-order valence-corrected chi connectivity index (χ3v) is 3.91. The lowest BCUT2D eigenvalue weighted by atomic mass is 10.3.